The molecular formula is C7H6N2Na2O4. The predicted molar refractivity (Wildman–Crippen MR) is 36.0 cm³/mol. The summed E-state index contributed by atoms with van der Waals surface area (Å²) < 4.78 is 0. The van der Waals surface area contributed by atoms with Crippen LogP contribution in [0.2, 0.25) is 0 Å². The minimum Gasteiger partial charge on any atom is -0.550 e. The fourth-order valence-corrected chi connectivity index (χ4v) is 0.926. The molecule has 0 amide bonds. The third-order valence-electron chi connectivity index (χ3n) is 1.50. The Bertz CT molecular complexity index is 315. The van der Waals surface area contributed by atoms with Gasteiger partial charge in [-0.05, 0) is 0 Å². The molecule has 0 saturated heterocycles. The summed E-state index contributed by atoms with van der Waals surface area (Å²) in [5.41, 5.74) is 0. The molecule has 0 radical (unpaired) electrons. The van der Waals surface area contributed by atoms with Crippen LogP contribution in [-0.4, -0.2) is 21.9 Å². The van der Waals surface area contributed by atoms with E-state index in [0.717, 1.165) is 0 Å². The zero-order chi connectivity index (χ0) is 9.84. The number of H-pyrrole nitrogens is 1. The zero-order valence-electron chi connectivity index (χ0n) is 8.52. The van der Waals surface area contributed by atoms with Gasteiger partial charge < -0.3 is 24.8 Å². The van der Waals surface area contributed by atoms with Crippen LogP contribution in [0.1, 0.15) is 18.2 Å². The number of carboxylic acids is 2. The molecule has 0 aliphatic carbocycles. The summed E-state index contributed by atoms with van der Waals surface area (Å²) in [6, 6.07) is 0. The molecule has 6 nitrogen and oxygen atoms in total. The molecule has 1 atom stereocenters. The fraction of sp³-hybridized carbons (Fsp3) is 0.286. The van der Waals surface area contributed by atoms with E-state index >= 15 is 0 Å². The number of nitrogens with one attached hydrogen (secondary N) is 1. The topological polar surface area (TPSA) is 109 Å². The van der Waals surface area contributed by atoms with E-state index in [9.17, 15) is 19.8 Å². The van der Waals surface area contributed by atoms with Gasteiger partial charge in [-0.1, -0.05) is 0 Å². The molecule has 0 bridgehead atoms. The van der Waals surface area contributed by atoms with Gasteiger partial charge in [0.2, 0.25) is 0 Å². The molecule has 1 heterocycles. The molecule has 1 N–H and O–H groups in total. The Balaban J connectivity index is 0. The van der Waals surface area contributed by atoms with Crippen LogP contribution in [-0.2, 0) is 9.59 Å². The van der Waals surface area contributed by atoms with Crippen molar-refractivity contribution in [2.24, 2.45) is 0 Å². The van der Waals surface area contributed by atoms with Gasteiger partial charge in [0.25, 0.3) is 0 Å². The number of carbonyl (C=O) groups is 2. The van der Waals surface area contributed by atoms with Crippen molar-refractivity contribution < 1.29 is 78.9 Å². The normalized spacial score (nSPS) is 10.7. The average molecular weight is 228 g/mol. The van der Waals surface area contributed by atoms with E-state index < -0.39 is 24.3 Å². The summed E-state index contributed by atoms with van der Waals surface area (Å²) in [5.74, 6) is -4.16. The van der Waals surface area contributed by atoms with Crippen molar-refractivity contribution in [1.82, 2.24) is 9.97 Å². The van der Waals surface area contributed by atoms with Gasteiger partial charge in [-0.25, -0.2) is 4.98 Å². The van der Waals surface area contributed by atoms with Crippen LogP contribution in [0.25, 0.3) is 0 Å². The van der Waals surface area contributed by atoms with Crippen LogP contribution in [0.3, 0.4) is 0 Å². The van der Waals surface area contributed by atoms with Crippen molar-refractivity contribution in [2.75, 3.05) is 0 Å². The van der Waals surface area contributed by atoms with Crippen molar-refractivity contribution in [1.29, 1.82) is 0 Å². The number of hydrogen-bond acceptors (Lipinski definition) is 5. The minimum absolute atomic E-state index is 0. The van der Waals surface area contributed by atoms with Gasteiger partial charge in [0.1, 0.15) is 5.82 Å². The van der Waals surface area contributed by atoms with Crippen LogP contribution in [0.5, 0.6) is 0 Å². The van der Waals surface area contributed by atoms with Crippen LogP contribution in [0.15, 0.2) is 12.4 Å². The second-order valence-electron chi connectivity index (χ2n) is 2.42. The number of carbonyl (C=O) groups excluding carboxylic acids is 2. The molecule has 0 saturated carbocycles. The van der Waals surface area contributed by atoms with E-state index in [-0.39, 0.29) is 64.9 Å². The first-order valence-corrected chi connectivity index (χ1v) is 3.51. The van der Waals surface area contributed by atoms with Crippen LogP contribution >= 0.6 is 0 Å². The Morgan fingerprint density at radius 1 is 1.40 bits per heavy atom. The van der Waals surface area contributed by atoms with E-state index in [1.807, 2.05) is 0 Å². The Morgan fingerprint density at radius 2 is 2.00 bits per heavy atom. The van der Waals surface area contributed by atoms with Gasteiger partial charge in [-0.3, -0.25) is 0 Å². The molecule has 1 aromatic rings. The van der Waals surface area contributed by atoms with Crippen LogP contribution in [0.4, 0.5) is 0 Å². The largest absolute Gasteiger partial charge is 1.00 e. The quantitative estimate of drug-likeness (QED) is 0.515. The third-order valence-corrected chi connectivity index (χ3v) is 1.50. The first kappa shape index (κ1) is 17.5. The maximum atomic E-state index is 10.5. The van der Waals surface area contributed by atoms with E-state index in [2.05, 4.69) is 9.97 Å². The molecule has 1 aromatic heterocycles. The number of rotatable bonds is 4. The average Bonchev–Trinajstić information content (AvgIpc) is 2.50. The van der Waals surface area contributed by atoms with Crippen LogP contribution < -0.4 is 69.3 Å². The summed E-state index contributed by atoms with van der Waals surface area (Å²) in [7, 11) is 0. The number of carboxylic acid groups (broad SMARTS) is 2. The molecule has 8 heteroatoms. The van der Waals surface area contributed by atoms with Crippen molar-refractivity contribution in [3.8, 4) is 0 Å². The summed E-state index contributed by atoms with van der Waals surface area (Å²) in [6.07, 6.45) is 2.09. The van der Waals surface area contributed by atoms with Crippen molar-refractivity contribution in [2.45, 2.75) is 12.3 Å². The molecule has 0 aliphatic rings. The zero-order valence-corrected chi connectivity index (χ0v) is 12.5. The van der Waals surface area contributed by atoms with E-state index in [4.69, 9.17) is 0 Å². The fourth-order valence-electron chi connectivity index (χ4n) is 0.926. The maximum absolute atomic E-state index is 10.5. The Labute approximate surface area is 130 Å². The molecule has 0 aliphatic heterocycles. The van der Waals surface area contributed by atoms with Crippen molar-refractivity contribution in [3.63, 3.8) is 0 Å². The Kier molecular flexibility index (Phi) is 9.73. The Morgan fingerprint density at radius 3 is 2.33 bits per heavy atom. The second-order valence-corrected chi connectivity index (χ2v) is 2.42. The van der Waals surface area contributed by atoms with Gasteiger partial charge in [0.15, 0.2) is 0 Å². The minimum atomic E-state index is -1.49. The molecule has 0 aromatic carbocycles. The van der Waals surface area contributed by atoms with Gasteiger partial charge in [-0.2, -0.15) is 0 Å². The van der Waals surface area contributed by atoms with E-state index in [1.54, 1.807) is 0 Å². The smallest absolute Gasteiger partial charge is 0.550 e. The number of imidazole rings is 1. The molecule has 70 valence electrons. The maximum Gasteiger partial charge on any atom is 1.00 e. The van der Waals surface area contributed by atoms with Crippen molar-refractivity contribution >= 4 is 11.9 Å². The molecule has 1 unspecified atom stereocenters. The third kappa shape index (κ3) is 5.70. The van der Waals surface area contributed by atoms with Gasteiger partial charge in [0, 0.05) is 24.8 Å². The number of aromatic nitrogens is 2. The van der Waals surface area contributed by atoms with Crippen LogP contribution in [0, 0.1) is 0 Å². The number of aliphatic carboxylic acids is 2. The van der Waals surface area contributed by atoms with Gasteiger partial charge in [0.05, 0.1) is 11.9 Å². The molecule has 0 fully saturated rings. The first-order valence-electron chi connectivity index (χ1n) is 3.51. The van der Waals surface area contributed by atoms with Crippen molar-refractivity contribution in [3.05, 3.63) is 18.2 Å². The van der Waals surface area contributed by atoms with E-state index in [0.29, 0.717) is 0 Å². The number of nitrogens with zero attached hydrogens (tertiary/aromatic N) is 1. The van der Waals surface area contributed by atoms with E-state index in [1.165, 1.54) is 12.4 Å². The van der Waals surface area contributed by atoms with Gasteiger partial charge in [-0.15, -0.1) is 0 Å². The molecule has 15 heavy (non-hydrogen) atoms. The Hall–Kier alpha value is 0.150. The monoisotopic (exact) mass is 228 g/mol. The standard InChI is InChI=1S/C7H8N2O4.2Na/c10-5(11)3-4(7(12)13)6-8-1-2-9-6;;/h1-2,4H,3H2,(H,8,9)(H,10,11)(H,12,13);;/q;2*+1/p-2. The van der Waals surface area contributed by atoms with Gasteiger partial charge >= 0.3 is 59.1 Å². The first-order chi connectivity index (χ1) is 6.11. The summed E-state index contributed by atoms with van der Waals surface area (Å²) in [4.78, 5) is 26.8. The summed E-state index contributed by atoms with van der Waals surface area (Å²) in [5, 5.41) is 20.6. The summed E-state index contributed by atoms with van der Waals surface area (Å²) >= 11 is 0. The summed E-state index contributed by atoms with van der Waals surface area (Å²) in [6.45, 7) is 0. The molecular weight excluding hydrogens is 222 g/mol. The molecule has 1 rings (SSSR count). The predicted octanol–water partition coefficient (Wildman–Crippen LogP) is -8.61. The number of hydrogen-bond donors (Lipinski definition) is 1. The SMILES string of the molecule is O=C([O-])CC(C(=O)[O-])c1ncc[nH]1.[Na+].[Na+]. The molecule has 0 spiro atoms. The number of aromatic amines is 1. The second kappa shape index (κ2) is 8.32.